The highest BCUT2D eigenvalue weighted by atomic mass is 32.2. The maximum absolute atomic E-state index is 14.8. The van der Waals surface area contributed by atoms with Crippen LogP contribution in [0, 0.1) is 5.92 Å². The van der Waals surface area contributed by atoms with Gasteiger partial charge in [0.1, 0.15) is 23.2 Å². The second kappa shape index (κ2) is 16.7. The Bertz CT molecular complexity index is 1780. The Labute approximate surface area is 313 Å². The van der Waals surface area contributed by atoms with Crippen LogP contribution in [0.2, 0.25) is 0 Å². The fourth-order valence-corrected chi connectivity index (χ4v) is 9.83. The third-order valence-electron chi connectivity index (χ3n) is 10.4. The molecule has 1 aromatic carbocycles. The van der Waals surface area contributed by atoms with Crippen molar-refractivity contribution >= 4 is 51.2 Å². The second-order valence-corrected chi connectivity index (χ2v) is 17.7. The molecule has 3 atom stereocenters. The van der Waals surface area contributed by atoms with Crippen molar-refractivity contribution in [2.24, 2.45) is 11.7 Å². The van der Waals surface area contributed by atoms with Gasteiger partial charge in [0.2, 0.25) is 27.6 Å². The Morgan fingerprint density at radius 2 is 1.74 bits per heavy atom. The number of aliphatic hydroxyl groups is 1. The maximum atomic E-state index is 14.8. The number of hydrogen-bond acceptors (Lipinski definition) is 11. The molecule has 1 aliphatic carbocycles. The van der Waals surface area contributed by atoms with E-state index in [0.717, 1.165) is 32.1 Å². The number of carbonyl (C=O) groups excluding carboxylic acids is 5. The van der Waals surface area contributed by atoms with E-state index in [2.05, 4.69) is 25.7 Å². The van der Waals surface area contributed by atoms with Crippen molar-refractivity contribution in [1.82, 2.24) is 35.2 Å². The van der Waals surface area contributed by atoms with Gasteiger partial charge in [-0.25, -0.2) is 17.8 Å². The van der Waals surface area contributed by atoms with Gasteiger partial charge in [0.15, 0.2) is 0 Å². The molecule has 5 rings (SSSR count). The van der Waals surface area contributed by atoms with Gasteiger partial charge in [0.25, 0.3) is 11.8 Å². The summed E-state index contributed by atoms with van der Waals surface area (Å²) < 4.78 is 28.9. The Hall–Kier alpha value is -3.87. The summed E-state index contributed by atoms with van der Waals surface area (Å²) in [4.78, 5) is 69.5. The Kier molecular flexibility index (Phi) is 12.7. The van der Waals surface area contributed by atoms with Crippen molar-refractivity contribution < 1.29 is 37.5 Å². The molecule has 1 saturated carbocycles. The minimum atomic E-state index is -3.75. The summed E-state index contributed by atoms with van der Waals surface area (Å²) in [5, 5.41) is 24.8. The molecular weight excluding hydrogens is 725 g/mol. The average molecular weight is 775 g/mol. The lowest BCUT2D eigenvalue weighted by Crippen LogP contribution is -2.63. The first-order valence-corrected chi connectivity index (χ1v) is 20.8. The molecule has 2 aromatic rings. The number of likely N-dealkylation sites (tertiary alicyclic amines) is 1. The monoisotopic (exact) mass is 774 g/mol. The zero-order valence-electron chi connectivity index (χ0n) is 30.4. The highest BCUT2D eigenvalue weighted by molar-refractivity contribution is 7.99. The lowest BCUT2D eigenvalue weighted by Gasteiger charge is -2.37. The first-order valence-electron chi connectivity index (χ1n) is 18.1. The normalized spacial score (nSPS) is 21.5. The van der Waals surface area contributed by atoms with Crippen molar-refractivity contribution in [1.29, 1.82) is 0 Å². The van der Waals surface area contributed by atoms with Gasteiger partial charge in [-0.1, -0.05) is 44.2 Å². The molecule has 0 radical (unpaired) electrons. The number of sulfonamides is 1. The molecule has 1 aromatic heterocycles. The zero-order chi connectivity index (χ0) is 38.6. The van der Waals surface area contributed by atoms with Gasteiger partial charge in [-0.2, -0.15) is 11.8 Å². The number of nitrogens with one attached hydrogen (secondary N) is 3. The van der Waals surface area contributed by atoms with Crippen LogP contribution in [0.3, 0.4) is 0 Å². The number of aromatic nitrogens is 3. The predicted molar refractivity (Wildman–Crippen MR) is 196 cm³/mol. The number of thioether (sulfide) groups is 1. The summed E-state index contributed by atoms with van der Waals surface area (Å²) in [6.45, 7) is 4.98. The number of nitrogens with two attached hydrogens (primary N) is 1. The van der Waals surface area contributed by atoms with E-state index in [4.69, 9.17) is 5.73 Å². The van der Waals surface area contributed by atoms with Crippen LogP contribution >= 0.6 is 11.8 Å². The quantitative estimate of drug-likeness (QED) is 0.171. The minimum Gasteiger partial charge on any atom is -0.384 e. The van der Waals surface area contributed by atoms with Crippen LogP contribution in [0.4, 0.5) is 0 Å². The standard InChI is InChI=1S/C35H50N8O8S2/c1-4-38-53(50,51)25-12-10-23(11-13-25)31(46)39-26(18-22-8-6-5-7-9-22)33(48)42-21-24(43-28(20-37-41-43)34(2,3)49)19-27(42)32(47)40-35(29(44)30(36)45)14-16-52-17-15-35/h10-13,20,22,24,26-27,38,49H,4-9,14-19,21H2,1-3H3,(H2,36,45)(H,39,46)(H,40,47)/t24-,26?,27-/m0/s1. The van der Waals surface area contributed by atoms with Gasteiger partial charge in [0, 0.05) is 25.1 Å². The van der Waals surface area contributed by atoms with Crippen molar-refractivity contribution in [3.63, 3.8) is 0 Å². The van der Waals surface area contributed by atoms with Crippen LogP contribution in [0.25, 0.3) is 0 Å². The van der Waals surface area contributed by atoms with Crippen molar-refractivity contribution in [3.05, 3.63) is 41.7 Å². The molecule has 6 N–H and O–H groups in total. The predicted octanol–water partition coefficient (Wildman–Crippen LogP) is 1.15. The fourth-order valence-electron chi connectivity index (χ4n) is 7.60. The summed E-state index contributed by atoms with van der Waals surface area (Å²) in [7, 11) is -3.75. The Morgan fingerprint density at radius 3 is 2.34 bits per heavy atom. The van der Waals surface area contributed by atoms with Crippen molar-refractivity contribution in [3.8, 4) is 0 Å². The van der Waals surface area contributed by atoms with Gasteiger partial charge in [-0.05, 0) is 74.8 Å². The summed E-state index contributed by atoms with van der Waals surface area (Å²) in [6, 6.07) is 2.60. The van der Waals surface area contributed by atoms with Crippen LogP contribution in [0.5, 0.6) is 0 Å². The SMILES string of the molecule is CCNS(=O)(=O)c1ccc(C(=O)NC(CC2CCCCC2)C(=O)N2C[C@@H](n3nncc3C(C)(C)O)C[C@H]2C(=O)NC2(C(=O)C(N)=O)CCSCC2)cc1. The molecule has 4 amide bonds. The van der Waals surface area contributed by atoms with E-state index in [9.17, 15) is 37.5 Å². The molecule has 16 nitrogen and oxygen atoms in total. The number of carbonyl (C=O) groups is 5. The van der Waals surface area contributed by atoms with E-state index < -0.39 is 68.7 Å². The van der Waals surface area contributed by atoms with E-state index in [1.54, 1.807) is 32.5 Å². The average Bonchev–Trinajstić information content (AvgIpc) is 3.80. The van der Waals surface area contributed by atoms with Crippen LogP contribution in [-0.2, 0) is 34.8 Å². The van der Waals surface area contributed by atoms with Gasteiger partial charge in [-0.15, -0.1) is 5.10 Å². The van der Waals surface area contributed by atoms with Gasteiger partial charge in [-0.3, -0.25) is 24.0 Å². The topological polar surface area (TPSA) is 236 Å². The molecule has 0 bridgehead atoms. The van der Waals surface area contributed by atoms with Gasteiger partial charge >= 0.3 is 0 Å². The smallest absolute Gasteiger partial charge is 0.287 e. The molecule has 18 heteroatoms. The number of benzene rings is 1. The summed E-state index contributed by atoms with van der Waals surface area (Å²) in [5.41, 5.74) is 3.08. The van der Waals surface area contributed by atoms with E-state index in [1.807, 2.05) is 0 Å². The molecule has 53 heavy (non-hydrogen) atoms. The number of Topliss-reactive ketones (excluding diaryl/α,β-unsaturated/α-hetero) is 1. The van der Waals surface area contributed by atoms with Crippen LogP contribution < -0.4 is 21.1 Å². The second-order valence-electron chi connectivity index (χ2n) is 14.7. The molecule has 3 aliphatic rings. The molecule has 2 aliphatic heterocycles. The molecular formula is C35H50N8O8S2. The lowest BCUT2D eigenvalue weighted by atomic mass is 9.84. The van der Waals surface area contributed by atoms with Gasteiger partial charge in [0.05, 0.1) is 22.8 Å². The van der Waals surface area contributed by atoms with E-state index in [-0.39, 0.29) is 48.7 Å². The number of rotatable bonds is 14. The van der Waals surface area contributed by atoms with Gasteiger partial charge < -0.3 is 26.4 Å². The fraction of sp³-hybridized carbons (Fsp3) is 0.629. The van der Waals surface area contributed by atoms with Crippen LogP contribution in [0.1, 0.15) is 101 Å². The third-order valence-corrected chi connectivity index (χ3v) is 13.0. The maximum Gasteiger partial charge on any atom is 0.287 e. The number of ketones is 1. The lowest BCUT2D eigenvalue weighted by molar-refractivity contribution is -0.145. The Balaban J connectivity index is 1.47. The summed E-state index contributed by atoms with van der Waals surface area (Å²) in [5.74, 6) is -2.65. The molecule has 1 unspecified atom stereocenters. The van der Waals surface area contributed by atoms with E-state index >= 15 is 0 Å². The zero-order valence-corrected chi connectivity index (χ0v) is 32.0. The number of hydrogen-bond donors (Lipinski definition) is 5. The molecule has 2 saturated heterocycles. The highest BCUT2D eigenvalue weighted by Crippen LogP contribution is 2.35. The number of amides is 4. The molecule has 290 valence electrons. The van der Waals surface area contributed by atoms with E-state index in [0.29, 0.717) is 23.6 Å². The van der Waals surface area contributed by atoms with E-state index in [1.165, 1.54) is 40.0 Å². The number of nitrogens with zero attached hydrogens (tertiary/aromatic N) is 4. The van der Waals surface area contributed by atoms with Crippen molar-refractivity contribution in [2.75, 3.05) is 24.6 Å². The molecule has 0 spiro atoms. The highest BCUT2D eigenvalue weighted by Gasteiger charge is 2.49. The summed E-state index contributed by atoms with van der Waals surface area (Å²) in [6.07, 6.45) is 6.94. The molecule has 3 fully saturated rings. The largest absolute Gasteiger partial charge is 0.384 e. The number of primary amides is 1. The Morgan fingerprint density at radius 1 is 1.08 bits per heavy atom. The minimum absolute atomic E-state index is 0.00891. The third kappa shape index (κ3) is 9.27. The summed E-state index contributed by atoms with van der Waals surface area (Å²) >= 11 is 1.59. The van der Waals surface area contributed by atoms with Crippen LogP contribution in [0.15, 0.2) is 35.4 Å². The van der Waals surface area contributed by atoms with Crippen molar-refractivity contribution in [2.45, 2.75) is 113 Å². The first-order chi connectivity index (χ1) is 25.1. The van der Waals surface area contributed by atoms with Crippen LogP contribution in [-0.4, -0.2) is 105 Å². The first kappa shape index (κ1) is 40.3. The molecule has 3 heterocycles.